The van der Waals surface area contributed by atoms with Gasteiger partial charge >= 0.3 is 5.97 Å². The summed E-state index contributed by atoms with van der Waals surface area (Å²) < 4.78 is 12.4. The van der Waals surface area contributed by atoms with Crippen molar-refractivity contribution in [2.24, 2.45) is 0 Å². The number of methoxy groups -OCH3 is 2. The van der Waals surface area contributed by atoms with E-state index in [1.165, 1.54) is 7.11 Å². The molecule has 2 rings (SSSR count). The number of halogens is 1. The first-order valence-corrected chi connectivity index (χ1v) is 5.68. The highest BCUT2D eigenvalue weighted by Crippen LogP contribution is 2.29. The number of hydrogen-bond acceptors (Lipinski definition) is 4. The molecule has 90 valence electrons. The lowest BCUT2D eigenvalue weighted by Gasteiger charge is -2.05. The molecule has 0 atom stereocenters. The monoisotopic (exact) mass is 298 g/mol. The van der Waals surface area contributed by atoms with Gasteiger partial charge in [-0.25, -0.2) is 9.31 Å². The Balaban J connectivity index is 2.84. The van der Waals surface area contributed by atoms with Crippen molar-refractivity contribution in [2.45, 2.75) is 6.92 Å². The van der Waals surface area contributed by atoms with Gasteiger partial charge in [0.1, 0.15) is 16.8 Å². The number of aryl methyl sites for hydroxylation is 1. The van der Waals surface area contributed by atoms with Gasteiger partial charge in [0.15, 0.2) is 0 Å². The summed E-state index contributed by atoms with van der Waals surface area (Å²) in [7, 11) is 2.89. The van der Waals surface area contributed by atoms with Gasteiger partial charge in [0.25, 0.3) is 0 Å². The third kappa shape index (κ3) is 1.88. The molecule has 2 aromatic rings. The van der Waals surface area contributed by atoms with E-state index < -0.39 is 5.97 Å². The van der Waals surface area contributed by atoms with Gasteiger partial charge in [0, 0.05) is 10.7 Å². The molecule has 0 aliphatic heterocycles. The van der Waals surface area contributed by atoms with Gasteiger partial charge in [0.05, 0.1) is 19.9 Å². The van der Waals surface area contributed by atoms with Gasteiger partial charge in [-0.2, -0.15) is 5.10 Å². The third-order valence-electron chi connectivity index (χ3n) is 2.44. The number of hydrogen-bond donors (Lipinski definition) is 0. The fourth-order valence-electron chi connectivity index (χ4n) is 1.73. The van der Waals surface area contributed by atoms with Crippen molar-refractivity contribution < 1.29 is 14.3 Å². The number of esters is 1. The molecular weight excluding hydrogens is 288 g/mol. The molecule has 0 aromatic carbocycles. The molecule has 2 heterocycles. The maximum Gasteiger partial charge on any atom is 0.342 e. The summed E-state index contributed by atoms with van der Waals surface area (Å²) in [4.78, 5) is 11.7. The molecule has 0 unspecified atom stereocenters. The summed E-state index contributed by atoms with van der Waals surface area (Å²) >= 11 is 3.35. The van der Waals surface area contributed by atoms with Crippen molar-refractivity contribution in [2.75, 3.05) is 14.2 Å². The Morgan fingerprint density at radius 2 is 2.18 bits per heavy atom. The van der Waals surface area contributed by atoms with Gasteiger partial charge in [-0.05, 0) is 28.9 Å². The quantitative estimate of drug-likeness (QED) is 0.798. The fraction of sp³-hybridized carbons (Fsp3) is 0.273. The number of fused-ring (bicyclic) bond motifs is 1. The van der Waals surface area contributed by atoms with Gasteiger partial charge in [-0.1, -0.05) is 0 Å². The molecular formula is C11H11BrN2O3. The van der Waals surface area contributed by atoms with E-state index >= 15 is 0 Å². The first-order valence-electron chi connectivity index (χ1n) is 4.89. The van der Waals surface area contributed by atoms with Crippen molar-refractivity contribution in [1.29, 1.82) is 0 Å². The summed E-state index contributed by atoms with van der Waals surface area (Å²) in [6.07, 6.45) is 1.76. The molecule has 0 fully saturated rings. The Bertz CT molecular complexity index is 592. The standard InChI is InChI=1S/C11H11BrN2O3/c1-6-9(11(15)17-3)10-8(16-2)4-7(12)5-14(10)13-6/h4-5H,1-3H3. The van der Waals surface area contributed by atoms with Crippen LogP contribution in [0.15, 0.2) is 16.7 Å². The molecule has 0 aliphatic carbocycles. The molecule has 0 radical (unpaired) electrons. The van der Waals surface area contributed by atoms with E-state index in [0.717, 1.165) is 4.47 Å². The van der Waals surface area contributed by atoms with Crippen LogP contribution in [0, 0.1) is 6.92 Å². The Labute approximate surface area is 106 Å². The second-order valence-corrected chi connectivity index (χ2v) is 4.39. The van der Waals surface area contributed by atoms with E-state index in [9.17, 15) is 4.79 Å². The van der Waals surface area contributed by atoms with Crippen LogP contribution in [-0.2, 0) is 4.74 Å². The van der Waals surface area contributed by atoms with Gasteiger partial charge in [-0.15, -0.1) is 0 Å². The van der Waals surface area contributed by atoms with E-state index in [1.807, 2.05) is 0 Å². The van der Waals surface area contributed by atoms with Crippen LogP contribution in [0.5, 0.6) is 5.75 Å². The first kappa shape index (κ1) is 11.9. The Morgan fingerprint density at radius 3 is 2.76 bits per heavy atom. The average Bonchev–Trinajstić information content (AvgIpc) is 2.62. The van der Waals surface area contributed by atoms with E-state index in [-0.39, 0.29) is 0 Å². The smallest absolute Gasteiger partial charge is 0.342 e. The van der Waals surface area contributed by atoms with Crippen LogP contribution >= 0.6 is 15.9 Å². The summed E-state index contributed by atoms with van der Waals surface area (Å²) in [6.45, 7) is 1.76. The summed E-state index contributed by atoms with van der Waals surface area (Å²) in [5.41, 5.74) is 1.64. The number of rotatable bonds is 2. The molecule has 0 saturated carbocycles. The van der Waals surface area contributed by atoms with E-state index in [4.69, 9.17) is 9.47 Å². The molecule has 0 spiro atoms. The number of ether oxygens (including phenoxy) is 2. The van der Waals surface area contributed by atoms with Crippen LogP contribution in [0.4, 0.5) is 0 Å². The zero-order valence-electron chi connectivity index (χ0n) is 9.65. The van der Waals surface area contributed by atoms with Crippen LogP contribution in [0.3, 0.4) is 0 Å². The maximum absolute atomic E-state index is 11.7. The molecule has 0 aliphatic rings. The van der Waals surface area contributed by atoms with Crippen molar-refractivity contribution in [1.82, 2.24) is 9.61 Å². The van der Waals surface area contributed by atoms with E-state index in [1.54, 1.807) is 30.8 Å². The van der Waals surface area contributed by atoms with E-state index in [2.05, 4.69) is 21.0 Å². The minimum absolute atomic E-state index is 0.418. The van der Waals surface area contributed by atoms with Crippen LogP contribution in [-0.4, -0.2) is 29.8 Å². The minimum atomic E-state index is -0.418. The highest BCUT2D eigenvalue weighted by molar-refractivity contribution is 9.10. The molecule has 17 heavy (non-hydrogen) atoms. The normalized spacial score (nSPS) is 10.6. The molecule has 2 aromatic heterocycles. The number of carbonyl (C=O) groups excluding carboxylic acids is 1. The Kier molecular flexibility index (Phi) is 3.06. The minimum Gasteiger partial charge on any atom is -0.494 e. The summed E-state index contributed by atoms with van der Waals surface area (Å²) in [5.74, 6) is 0.151. The third-order valence-corrected chi connectivity index (χ3v) is 2.88. The maximum atomic E-state index is 11.7. The van der Waals surface area contributed by atoms with Crippen LogP contribution in [0.2, 0.25) is 0 Å². The topological polar surface area (TPSA) is 52.8 Å². The zero-order chi connectivity index (χ0) is 12.6. The molecule has 0 saturated heterocycles. The molecule has 0 amide bonds. The number of pyridine rings is 1. The van der Waals surface area contributed by atoms with Crippen LogP contribution in [0.25, 0.3) is 5.52 Å². The predicted molar refractivity (Wildman–Crippen MR) is 65.5 cm³/mol. The number of nitrogens with zero attached hydrogens (tertiary/aromatic N) is 2. The zero-order valence-corrected chi connectivity index (χ0v) is 11.2. The van der Waals surface area contributed by atoms with Crippen LogP contribution < -0.4 is 4.74 Å². The second kappa shape index (κ2) is 4.37. The van der Waals surface area contributed by atoms with Crippen LogP contribution in [0.1, 0.15) is 16.1 Å². The lowest BCUT2D eigenvalue weighted by atomic mass is 10.2. The number of aromatic nitrogens is 2. The van der Waals surface area contributed by atoms with Gasteiger partial charge in [-0.3, -0.25) is 0 Å². The van der Waals surface area contributed by atoms with Gasteiger partial charge in [0.2, 0.25) is 0 Å². The van der Waals surface area contributed by atoms with Crippen molar-refractivity contribution in [3.8, 4) is 5.75 Å². The molecule has 5 nitrogen and oxygen atoms in total. The average molecular weight is 299 g/mol. The lowest BCUT2D eigenvalue weighted by molar-refractivity contribution is 0.0602. The van der Waals surface area contributed by atoms with Crippen molar-refractivity contribution in [3.63, 3.8) is 0 Å². The van der Waals surface area contributed by atoms with Crippen molar-refractivity contribution >= 4 is 27.4 Å². The fourth-order valence-corrected chi connectivity index (χ4v) is 2.13. The first-order chi connectivity index (χ1) is 8.08. The second-order valence-electron chi connectivity index (χ2n) is 3.47. The van der Waals surface area contributed by atoms with Crippen molar-refractivity contribution in [3.05, 3.63) is 28.0 Å². The molecule has 0 bridgehead atoms. The Hall–Kier alpha value is -1.56. The largest absolute Gasteiger partial charge is 0.494 e. The van der Waals surface area contributed by atoms with E-state index in [0.29, 0.717) is 22.5 Å². The highest BCUT2D eigenvalue weighted by Gasteiger charge is 2.21. The predicted octanol–water partition coefficient (Wildman–Crippen LogP) is 2.20. The molecule has 0 N–H and O–H groups in total. The lowest BCUT2D eigenvalue weighted by Crippen LogP contribution is -2.03. The SMILES string of the molecule is COC(=O)c1c(C)nn2cc(Br)cc(OC)c12. The summed E-state index contributed by atoms with van der Waals surface area (Å²) in [6, 6.07) is 1.78. The molecule has 6 heteroatoms. The highest BCUT2D eigenvalue weighted by atomic mass is 79.9. The summed E-state index contributed by atoms with van der Waals surface area (Å²) in [5, 5.41) is 4.26. The van der Waals surface area contributed by atoms with Gasteiger partial charge < -0.3 is 9.47 Å². The Morgan fingerprint density at radius 1 is 1.47 bits per heavy atom. The number of carbonyl (C=O) groups is 1.